The van der Waals surface area contributed by atoms with Crippen LogP contribution in [0.3, 0.4) is 0 Å². The zero-order valence-electron chi connectivity index (χ0n) is 17.3. The van der Waals surface area contributed by atoms with Gasteiger partial charge in [-0.3, -0.25) is 9.48 Å². The summed E-state index contributed by atoms with van der Waals surface area (Å²) < 4.78 is 1.73. The number of rotatable bonds is 7. The van der Waals surface area contributed by atoms with E-state index < -0.39 is 0 Å². The molecule has 32 heavy (non-hydrogen) atoms. The predicted molar refractivity (Wildman–Crippen MR) is 121 cm³/mol. The molecule has 0 spiro atoms. The van der Waals surface area contributed by atoms with Gasteiger partial charge in [-0.05, 0) is 6.08 Å². The smallest absolute Gasteiger partial charge is 0.270 e. The van der Waals surface area contributed by atoms with E-state index in [0.29, 0.717) is 24.3 Å². The molecule has 0 N–H and O–H groups in total. The molecule has 7 nitrogen and oxygen atoms in total. The van der Waals surface area contributed by atoms with Gasteiger partial charge in [0, 0.05) is 22.9 Å². The average molecular weight is 420 g/mol. The van der Waals surface area contributed by atoms with Gasteiger partial charge in [-0.2, -0.15) is 20.7 Å². The highest BCUT2D eigenvalue weighted by molar-refractivity contribution is 6.33. The molecule has 0 radical (unpaired) electrons. The molecule has 0 saturated carbocycles. The highest BCUT2D eigenvalue weighted by atomic mass is 16.2. The largest absolute Gasteiger partial charge is 0.276 e. The van der Waals surface area contributed by atoms with Crippen molar-refractivity contribution in [3.05, 3.63) is 83.6 Å². The van der Waals surface area contributed by atoms with Gasteiger partial charge in [0.1, 0.15) is 5.71 Å². The summed E-state index contributed by atoms with van der Waals surface area (Å²) in [6.45, 7) is 0.692. The predicted octanol–water partition coefficient (Wildman–Crippen LogP) is 4.01. The molecule has 0 atom stereocenters. The summed E-state index contributed by atoms with van der Waals surface area (Å²) in [5, 5.41) is 28.4. The molecule has 7 heteroatoms. The lowest BCUT2D eigenvalue weighted by atomic mass is 9.99. The summed E-state index contributed by atoms with van der Waals surface area (Å²) in [6.07, 6.45) is 4.19. The third-order valence-electron chi connectivity index (χ3n) is 5.01. The molecule has 0 bridgehead atoms. The highest BCUT2D eigenvalue weighted by Crippen LogP contribution is 2.28. The van der Waals surface area contributed by atoms with Gasteiger partial charge >= 0.3 is 0 Å². The Kier molecular flexibility index (Phi) is 6.20. The molecule has 3 aromatic rings. The Balaban J connectivity index is 1.81. The van der Waals surface area contributed by atoms with Gasteiger partial charge in [-0.15, -0.1) is 0 Å². The van der Waals surface area contributed by atoms with Crippen LogP contribution in [0, 0.1) is 22.7 Å². The van der Waals surface area contributed by atoms with Gasteiger partial charge < -0.3 is 0 Å². The zero-order valence-corrected chi connectivity index (χ0v) is 17.3. The monoisotopic (exact) mass is 420 g/mol. The van der Waals surface area contributed by atoms with Crippen molar-refractivity contribution in [3.63, 3.8) is 0 Å². The molecule has 0 saturated heterocycles. The van der Waals surface area contributed by atoms with Gasteiger partial charge in [0.05, 0.1) is 49.3 Å². The average Bonchev–Trinajstić information content (AvgIpc) is 3.38. The number of carbonyl (C=O) groups is 1. The Morgan fingerprint density at radius 2 is 1.50 bits per heavy atom. The van der Waals surface area contributed by atoms with Gasteiger partial charge in [0.2, 0.25) is 0 Å². The number of benzene rings is 2. The van der Waals surface area contributed by atoms with Crippen molar-refractivity contribution in [2.75, 3.05) is 6.54 Å². The van der Waals surface area contributed by atoms with Gasteiger partial charge in [-0.25, -0.2) is 5.01 Å². The number of amides is 1. The fourth-order valence-corrected chi connectivity index (χ4v) is 3.50. The van der Waals surface area contributed by atoms with Gasteiger partial charge in [0.25, 0.3) is 5.91 Å². The first kappa shape index (κ1) is 20.8. The molecular weight excluding hydrogens is 400 g/mol. The summed E-state index contributed by atoms with van der Waals surface area (Å²) in [4.78, 5) is 13.2. The molecule has 4 rings (SSSR count). The summed E-state index contributed by atoms with van der Waals surface area (Å²) in [7, 11) is 0. The molecule has 2 heterocycles. The van der Waals surface area contributed by atoms with Crippen molar-refractivity contribution in [3.8, 4) is 23.4 Å². The molecule has 1 aliphatic heterocycles. The molecule has 1 aromatic heterocycles. The number of hydrogen-bond acceptors (Lipinski definition) is 5. The molecule has 1 aliphatic rings. The van der Waals surface area contributed by atoms with Crippen LogP contribution in [0.2, 0.25) is 0 Å². The van der Waals surface area contributed by atoms with E-state index in [9.17, 15) is 4.79 Å². The van der Waals surface area contributed by atoms with E-state index in [4.69, 9.17) is 10.5 Å². The van der Waals surface area contributed by atoms with Crippen LogP contribution in [0.15, 0.2) is 77.5 Å². The summed E-state index contributed by atoms with van der Waals surface area (Å²) in [5.41, 5.74) is 4.25. The van der Waals surface area contributed by atoms with E-state index in [-0.39, 0.29) is 18.9 Å². The molecule has 0 aliphatic carbocycles. The molecule has 0 fully saturated rings. The Hall–Kier alpha value is -4.49. The number of nitriles is 2. The Morgan fingerprint density at radius 3 is 2.16 bits per heavy atom. The quantitative estimate of drug-likeness (QED) is 0.539. The first-order chi connectivity index (χ1) is 15.7. The third-order valence-corrected chi connectivity index (χ3v) is 5.01. The summed E-state index contributed by atoms with van der Waals surface area (Å²) in [6, 6.07) is 23.4. The van der Waals surface area contributed by atoms with E-state index in [2.05, 4.69) is 22.3 Å². The lowest BCUT2D eigenvalue weighted by Gasteiger charge is -2.08. The standard InChI is InChI=1S/C25H20N6O/c26-13-7-15-30-18-21(23(28-30)19-9-3-1-4-10-19)17-22-24(20-11-5-2-6-12-20)29-31(25(22)32)16-8-14-27/h1-6,9-12,17-18H,7-8,15-16H2/b22-17-. The molecule has 0 unspecified atom stereocenters. The second-order valence-corrected chi connectivity index (χ2v) is 7.18. The van der Waals surface area contributed by atoms with Crippen LogP contribution >= 0.6 is 0 Å². The third kappa shape index (κ3) is 4.33. The van der Waals surface area contributed by atoms with Crippen LogP contribution in [0.1, 0.15) is 24.0 Å². The Labute approximate surface area is 186 Å². The van der Waals surface area contributed by atoms with Crippen molar-refractivity contribution in [1.82, 2.24) is 14.8 Å². The van der Waals surface area contributed by atoms with E-state index >= 15 is 0 Å². The molecule has 156 valence electrons. The van der Waals surface area contributed by atoms with E-state index in [1.807, 2.05) is 66.9 Å². The maximum Gasteiger partial charge on any atom is 0.276 e. The van der Waals surface area contributed by atoms with Crippen LogP contribution in [0.25, 0.3) is 17.3 Å². The molecular formula is C25H20N6O. The van der Waals surface area contributed by atoms with E-state index in [1.165, 1.54) is 5.01 Å². The molecule has 1 amide bonds. The van der Waals surface area contributed by atoms with E-state index in [1.54, 1.807) is 10.8 Å². The van der Waals surface area contributed by atoms with Crippen molar-refractivity contribution >= 4 is 17.7 Å². The lowest BCUT2D eigenvalue weighted by molar-refractivity contribution is -0.125. The first-order valence-corrected chi connectivity index (χ1v) is 10.3. The number of carbonyl (C=O) groups excluding carboxylic acids is 1. The second-order valence-electron chi connectivity index (χ2n) is 7.18. The van der Waals surface area contributed by atoms with Crippen LogP contribution < -0.4 is 0 Å². The fourth-order valence-electron chi connectivity index (χ4n) is 3.50. The fraction of sp³-hybridized carbons (Fsp3) is 0.160. The minimum atomic E-state index is -0.247. The Morgan fingerprint density at radius 1 is 0.875 bits per heavy atom. The summed E-state index contributed by atoms with van der Waals surface area (Å²) >= 11 is 0. The minimum Gasteiger partial charge on any atom is -0.270 e. The van der Waals surface area contributed by atoms with E-state index in [0.717, 1.165) is 22.4 Å². The van der Waals surface area contributed by atoms with Crippen LogP contribution in [0.5, 0.6) is 0 Å². The molecule has 2 aromatic carbocycles. The van der Waals surface area contributed by atoms with Crippen LogP contribution in [0.4, 0.5) is 0 Å². The topological polar surface area (TPSA) is 98.1 Å². The normalized spacial score (nSPS) is 14.3. The van der Waals surface area contributed by atoms with Crippen LogP contribution in [-0.2, 0) is 11.3 Å². The maximum absolute atomic E-state index is 13.2. The number of hydrogen-bond donors (Lipinski definition) is 0. The van der Waals surface area contributed by atoms with Crippen molar-refractivity contribution in [2.45, 2.75) is 19.4 Å². The lowest BCUT2D eigenvalue weighted by Crippen LogP contribution is -2.23. The highest BCUT2D eigenvalue weighted by Gasteiger charge is 2.31. The van der Waals surface area contributed by atoms with Crippen molar-refractivity contribution in [1.29, 1.82) is 10.5 Å². The Bertz CT molecular complexity index is 1260. The maximum atomic E-state index is 13.2. The van der Waals surface area contributed by atoms with Gasteiger partial charge in [0.15, 0.2) is 0 Å². The van der Waals surface area contributed by atoms with Crippen molar-refractivity contribution in [2.24, 2.45) is 5.10 Å². The number of nitrogens with zero attached hydrogens (tertiary/aromatic N) is 6. The van der Waals surface area contributed by atoms with Gasteiger partial charge in [-0.1, -0.05) is 60.7 Å². The number of aryl methyl sites for hydroxylation is 1. The number of aromatic nitrogens is 2. The SMILES string of the molecule is N#CCCN1N=C(c2ccccc2)/C(=C/c2cn(CCC#N)nc2-c2ccccc2)C1=O. The summed E-state index contributed by atoms with van der Waals surface area (Å²) in [5.74, 6) is -0.247. The first-order valence-electron chi connectivity index (χ1n) is 10.3. The second kappa shape index (κ2) is 9.55. The minimum absolute atomic E-state index is 0.200. The number of hydrazone groups is 1. The zero-order chi connectivity index (χ0) is 22.3. The van der Waals surface area contributed by atoms with Crippen molar-refractivity contribution < 1.29 is 4.79 Å². The van der Waals surface area contributed by atoms with Crippen LogP contribution in [-0.4, -0.2) is 33.0 Å².